The van der Waals surface area contributed by atoms with E-state index in [1.807, 2.05) is 54.9 Å². The molecule has 0 fully saturated rings. The van der Waals surface area contributed by atoms with Crippen LogP contribution in [0.15, 0.2) is 54.9 Å². The first kappa shape index (κ1) is 16.1. The van der Waals surface area contributed by atoms with Gasteiger partial charge in [0.15, 0.2) is 0 Å². The van der Waals surface area contributed by atoms with Crippen LogP contribution >= 0.6 is 0 Å². The van der Waals surface area contributed by atoms with Gasteiger partial charge in [-0.2, -0.15) is 0 Å². The highest BCUT2D eigenvalue weighted by Gasteiger charge is 2.05. The Hall–Kier alpha value is -2.82. The van der Waals surface area contributed by atoms with Gasteiger partial charge in [0, 0.05) is 19.2 Å². The highest BCUT2D eigenvalue weighted by molar-refractivity contribution is 5.78. The summed E-state index contributed by atoms with van der Waals surface area (Å²) in [5.41, 5.74) is 2.07. The molecule has 2 aromatic heterocycles. The molecule has 124 valence electrons. The van der Waals surface area contributed by atoms with Crippen molar-refractivity contribution in [1.82, 2.24) is 14.7 Å². The summed E-state index contributed by atoms with van der Waals surface area (Å²) in [7, 11) is 1.63. The number of amides is 1. The number of nitrogens with one attached hydrogen (secondary N) is 1. The van der Waals surface area contributed by atoms with Crippen LogP contribution in [0.5, 0.6) is 5.75 Å². The molecule has 0 aliphatic rings. The van der Waals surface area contributed by atoms with Crippen LogP contribution in [0.4, 0.5) is 0 Å². The standard InChI is InChI=1S/C19H21N3O2/c1-24-17-9-7-15(8-10-17)13-19(23)20-11-4-6-18-21-14-16-5-2-3-12-22(16)18/h2-3,5,7-10,12,14H,4,6,11,13H2,1H3,(H,20,23). The zero-order chi connectivity index (χ0) is 16.8. The number of hydrogen-bond acceptors (Lipinski definition) is 3. The van der Waals surface area contributed by atoms with Crippen LogP contribution in [0.2, 0.25) is 0 Å². The van der Waals surface area contributed by atoms with E-state index in [1.54, 1.807) is 7.11 Å². The van der Waals surface area contributed by atoms with E-state index in [-0.39, 0.29) is 5.91 Å². The zero-order valence-electron chi connectivity index (χ0n) is 13.7. The summed E-state index contributed by atoms with van der Waals surface area (Å²) in [5.74, 6) is 1.86. The maximum atomic E-state index is 12.0. The molecule has 2 heterocycles. The van der Waals surface area contributed by atoms with Crippen LogP contribution < -0.4 is 10.1 Å². The van der Waals surface area contributed by atoms with E-state index in [4.69, 9.17) is 4.74 Å². The van der Waals surface area contributed by atoms with Gasteiger partial charge >= 0.3 is 0 Å². The van der Waals surface area contributed by atoms with Crippen molar-refractivity contribution in [2.45, 2.75) is 19.3 Å². The molecule has 0 unspecified atom stereocenters. The molecular formula is C19H21N3O2. The molecule has 1 aromatic carbocycles. The van der Waals surface area contributed by atoms with E-state index >= 15 is 0 Å². The van der Waals surface area contributed by atoms with Gasteiger partial charge in [-0.1, -0.05) is 18.2 Å². The third-order valence-electron chi connectivity index (χ3n) is 3.94. The maximum absolute atomic E-state index is 12.0. The van der Waals surface area contributed by atoms with Crippen LogP contribution in [0, 0.1) is 0 Å². The van der Waals surface area contributed by atoms with E-state index in [9.17, 15) is 4.79 Å². The largest absolute Gasteiger partial charge is 0.497 e. The highest BCUT2D eigenvalue weighted by atomic mass is 16.5. The van der Waals surface area contributed by atoms with Crippen molar-refractivity contribution in [3.05, 3.63) is 66.2 Å². The molecule has 1 amide bonds. The number of carbonyl (C=O) groups excluding carboxylic acids is 1. The second-order valence-electron chi connectivity index (χ2n) is 5.65. The molecule has 3 aromatic rings. The molecule has 0 bridgehead atoms. The third-order valence-corrected chi connectivity index (χ3v) is 3.94. The van der Waals surface area contributed by atoms with Crippen molar-refractivity contribution in [2.24, 2.45) is 0 Å². The fourth-order valence-electron chi connectivity index (χ4n) is 2.65. The van der Waals surface area contributed by atoms with Gasteiger partial charge in [0.1, 0.15) is 11.6 Å². The number of ether oxygens (including phenoxy) is 1. The van der Waals surface area contributed by atoms with Crippen molar-refractivity contribution in [1.29, 1.82) is 0 Å². The Morgan fingerprint density at radius 3 is 2.83 bits per heavy atom. The van der Waals surface area contributed by atoms with Crippen molar-refractivity contribution in [3.63, 3.8) is 0 Å². The van der Waals surface area contributed by atoms with Gasteiger partial charge in [-0.15, -0.1) is 0 Å². The third kappa shape index (κ3) is 3.93. The summed E-state index contributed by atoms with van der Waals surface area (Å²) in [6.45, 7) is 0.650. The van der Waals surface area contributed by atoms with Crippen LogP contribution in [-0.4, -0.2) is 28.9 Å². The predicted octanol–water partition coefficient (Wildman–Crippen LogP) is 2.63. The van der Waals surface area contributed by atoms with Crippen molar-refractivity contribution >= 4 is 11.4 Å². The first-order valence-electron chi connectivity index (χ1n) is 8.07. The SMILES string of the molecule is COc1ccc(CC(=O)NCCCc2ncc3ccccn23)cc1. The maximum Gasteiger partial charge on any atom is 0.224 e. The smallest absolute Gasteiger partial charge is 0.224 e. The first-order chi connectivity index (χ1) is 11.8. The molecule has 0 atom stereocenters. The molecule has 0 aliphatic carbocycles. The topological polar surface area (TPSA) is 55.6 Å². The fourth-order valence-corrected chi connectivity index (χ4v) is 2.65. The number of aromatic nitrogens is 2. The summed E-state index contributed by atoms with van der Waals surface area (Å²) in [5, 5.41) is 2.96. The molecule has 0 saturated heterocycles. The highest BCUT2D eigenvalue weighted by Crippen LogP contribution is 2.11. The number of methoxy groups -OCH3 is 1. The quantitative estimate of drug-likeness (QED) is 0.680. The van der Waals surface area contributed by atoms with E-state index in [2.05, 4.69) is 14.7 Å². The van der Waals surface area contributed by atoms with Crippen LogP contribution in [0.3, 0.4) is 0 Å². The minimum Gasteiger partial charge on any atom is -0.497 e. The summed E-state index contributed by atoms with van der Waals surface area (Å²) >= 11 is 0. The number of aryl methyl sites for hydroxylation is 1. The molecule has 5 nitrogen and oxygen atoms in total. The number of imidazole rings is 1. The van der Waals surface area contributed by atoms with Gasteiger partial charge in [-0.05, 0) is 36.2 Å². The van der Waals surface area contributed by atoms with Crippen molar-refractivity contribution in [3.8, 4) is 5.75 Å². The Morgan fingerprint density at radius 2 is 2.04 bits per heavy atom. The van der Waals surface area contributed by atoms with Gasteiger partial charge in [0.2, 0.25) is 5.91 Å². The van der Waals surface area contributed by atoms with Crippen molar-refractivity contribution in [2.75, 3.05) is 13.7 Å². The lowest BCUT2D eigenvalue weighted by molar-refractivity contribution is -0.120. The number of pyridine rings is 1. The Kier molecular flexibility index (Phi) is 5.11. The van der Waals surface area contributed by atoms with Crippen LogP contribution in [0.25, 0.3) is 5.52 Å². The molecule has 1 N–H and O–H groups in total. The minimum atomic E-state index is 0.0353. The zero-order valence-corrected chi connectivity index (χ0v) is 13.7. The van der Waals surface area contributed by atoms with Gasteiger partial charge < -0.3 is 14.5 Å². The molecule has 3 rings (SSSR count). The van der Waals surface area contributed by atoms with Gasteiger partial charge in [0.05, 0.1) is 25.2 Å². The van der Waals surface area contributed by atoms with Crippen molar-refractivity contribution < 1.29 is 9.53 Å². The molecule has 0 spiro atoms. The Balaban J connectivity index is 1.43. The lowest BCUT2D eigenvalue weighted by Gasteiger charge is -2.06. The van der Waals surface area contributed by atoms with Gasteiger partial charge in [-0.25, -0.2) is 4.98 Å². The molecular weight excluding hydrogens is 302 g/mol. The lowest BCUT2D eigenvalue weighted by atomic mass is 10.1. The first-order valence-corrected chi connectivity index (χ1v) is 8.07. The van der Waals surface area contributed by atoms with E-state index in [0.29, 0.717) is 13.0 Å². The second kappa shape index (κ2) is 7.64. The lowest BCUT2D eigenvalue weighted by Crippen LogP contribution is -2.26. The fraction of sp³-hybridized carbons (Fsp3) is 0.263. The van der Waals surface area contributed by atoms with E-state index in [0.717, 1.165) is 35.5 Å². The van der Waals surface area contributed by atoms with Crippen LogP contribution in [-0.2, 0) is 17.6 Å². The number of carbonyl (C=O) groups is 1. The number of hydrogen-bond donors (Lipinski definition) is 1. The van der Waals surface area contributed by atoms with E-state index < -0.39 is 0 Å². The average molecular weight is 323 g/mol. The molecule has 5 heteroatoms. The molecule has 0 aliphatic heterocycles. The predicted molar refractivity (Wildman–Crippen MR) is 93.2 cm³/mol. The summed E-state index contributed by atoms with van der Waals surface area (Å²) in [4.78, 5) is 16.4. The number of fused-ring (bicyclic) bond motifs is 1. The number of benzene rings is 1. The monoisotopic (exact) mass is 323 g/mol. The van der Waals surface area contributed by atoms with Crippen LogP contribution in [0.1, 0.15) is 17.8 Å². The van der Waals surface area contributed by atoms with Gasteiger partial charge in [0.25, 0.3) is 0 Å². The summed E-state index contributed by atoms with van der Waals surface area (Å²) < 4.78 is 7.19. The molecule has 0 saturated carbocycles. The summed E-state index contributed by atoms with van der Waals surface area (Å²) in [6, 6.07) is 13.6. The number of nitrogens with zero attached hydrogens (tertiary/aromatic N) is 2. The normalized spacial score (nSPS) is 10.7. The Morgan fingerprint density at radius 1 is 1.21 bits per heavy atom. The average Bonchev–Trinajstić information content (AvgIpc) is 3.03. The second-order valence-corrected chi connectivity index (χ2v) is 5.65. The number of rotatable bonds is 7. The molecule has 24 heavy (non-hydrogen) atoms. The summed E-state index contributed by atoms with van der Waals surface area (Å²) in [6.07, 6.45) is 5.97. The molecule has 0 radical (unpaired) electrons. The Labute approximate surface area is 141 Å². The minimum absolute atomic E-state index is 0.0353. The van der Waals surface area contributed by atoms with Gasteiger partial charge in [-0.3, -0.25) is 4.79 Å². The van der Waals surface area contributed by atoms with E-state index in [1.165, 1.54) is 0 Å². The Bertz CT molecular complexity index is 809.